The van der Waals surface area contributed by atoms with Crippen LogP contribution >= 0.6 is 11.6 Å². The Morgan fingerprint density at radius 2 is 1.66 bits per heavy atom. The van der Waals surface area contributed by atoms with Crippen LogP contribution in [-0.4, -0.2) is 32.8 Å². The lowest BCUT2D eigenvalue weighted by atomic mass is 9.83. The Bertz CT molecular complexity index is 1540. The number of anilines is 2. The molecule has 0 fully saturated rings. The summed E-state index contributed by atoms with van der Waals surface area (Å²) in [5, 5.41) is 9.52. The van der Waals surface area contributed by atoms with Crippen molar-refractivity contribution < 1.29 is 13.2 Å². The van der Waals surface area contributed by atoms with E-state index in [1.54, 1.807) is 28.9 Å². The molecule has 0 amide bonds. The van der Waals surface area contributed by atoms with Gasteiger partial charge in [0, 0.05) is 23.1 Å². The van der Waals surface area contributed by atoms with Crippen molar-refractivity contribution in [2.75, 3.05) is 11.9 Å². The van der Waals surface area contributed by atoms with Crippen LogP contribution in [-0.2, 0) is 5.41 Å². The summed E-state index contributed by atoms with van der Waals surface area (Å²) in [5.74, 6) is 1.12. The molecule has 0 aliphatic carbocycles. The molecule has 0 radical (unpaired) electrons. The van der Waals surface area contributed by atoms with Crippen LogP contribution in [0.2, 0.25) is 5.02 Å². The molecule has 0 aliphatic rings. The molecule has 5 aromatic rings. The highest BCUT2D eigenvalue weighted by atomic mass is 35.5. The van der Waals surface area contributed by atoms with Gasteiger partial charge in [0.1, 0.15) is 12.1 Å². The third-order valence-electron chi connectivity index (χ3n) is 6.40. The second-order valence-electron chi connectivity index (χ2n) is 8.91. The van der Waals surface area contributed by atoms with E-state index in [0.717, 1.165) is 27.7 Å². The molecule has 5 rings (SSSR count). The van der Waals surface area contributed by atoms with Gasteiger partial charge in [0.05, 0.1) is 10.9 Å². The highest BCUT2D eigenvalue weighted by molar-refractivity contribution is 6.31. The Hall–Kier alpha value is -3.65. The van der Waals surface area contributed by atoms with Gasteiger partial charge >= 0.3 is 6.18 Å². The van der Waals surface area contributed by atoms with E-state index < -0.39 is 11.6 Å². The Balaban J connectivity index is 1.54. The summed E-state index contributed by atoms with van der Waals surface area (Å²) < 4.78 is 42.1. The average molecular weight is 496 g/mol. The van der Waals surface area contributed by atoms with Gasteiger partial charge in [-0.15, -0.1) is 10.2 Å². The number of nitrogens with zero attached hydrogens (tertiary/aromatic N) is 5. The maximum absolute atomic E-state index is 13.4. The molecule has 0 saturated carbocycles. The minimum absolute atomic E-state index is 0.220. The SMILES string of the molecule is CN(c1cccc(-c2ccc(C(C)(C)C(F)(F)F)cc2)c1)c1nc2nncn2c2cc(Cl)ccc12. The van der Waals surface area contributed by atoms with E-state index in [1.807, 2.05) is 48.3 Å². The van der Waals surface area contributed by atoms with Gasteiger partial charge in [-0.3, -0.25) is 4.40 Å². The van der Waals surface area contributed by atoms with Crippen LogP contribution in [0.3, 0.4) is 0 Å². The molecular weight excluding hydrogens is 475 g/mol. The first kappa shape index (κ1) is 23.1. The summed E-state index contributed by atoms with van der Waals surface area (Å²) in [7, 11) is 1.90. The lowest BCUT2D eigenvalue weighted by molar-refractivity contribution is -0.180. The predicted molar refractivity (Wildman–Crippen MR) is 132 cm³/mol. The lowest BCUT2D eigenvalue weighted by Crippen LogP contribution is -2.36. The first-order valence-electron chi connectivity index (χ1n) is 10.9. The van der Waals surface area contributed by atoms with Crippen LogP contribution in [0.4, 0.5) is 24.7 Å². The van der Waals surface area contributed by atoms with Crippen molar-refractivity contribution in [2.24, 2.45) is 0 Å². The predicted octanol–water partition coefficient (Wildman–Crippen LogP) is 7.21. The molecule has 5 nitrogen and oxygen atoms in total. The molecule has 0 N–H and O–H groups in total. The van der Waals surface area contributed by atoms with Crippen molar-refractivity contribution in [2.45, 2.75) is 25.4 Å². The zero-order valence-corrected chi connectivity index (χ0v) is 19.9. The Morgan fingerprint density at radius 1 is 0.914 bits per heavy atom. The maximum Gasteiger partial charge on any atom is 0.397 e. The zero-order valence-electron chi connectivity index (χ0n) is 19.2. The number of alkyl halides is 3. The highest BCUT2D eigenvalue weighted by Crippen LogP contribution is 2.41. The number of fused-ring (bicyclic) bond motifs is 3. The Labute approximate surface area is 204 Å². The van der Waals surface area contributed by atoms with Gasteiger partial charge in [-0.25, -0.2) is 0 Å². The third kappa shape index (κ3) is 3.97. The second kappa shape index (κ2) is 8.23. The van der Waals surface area contributed by atoms with Crippen LogP contribution in [0.15, 0.2) is 73.1 Å². The fourth-order valence-electron chi connectivity index (χ4n) is 4.04. The van der Waals surface area contributed by atoms with Gasteiger partial charge in [0.2, 0.25) is 0 Å². The van der Waals surface area contributed by atoms with Crippen LogP contribution < -0.4 is 4.90 Å². The van der Waals surface area contributed by atoms with E-state index >= 15 is 0 Å². The van der Waals surface area contributed by atoms with Crippen LogP contribution in [0.25, 0.3) is 27.8 Å². The molecule has 0 unspecified atom stereocenters. The van der Waals surface area contributed by atoms with E-state index in [1.165, 1.54) is 26.0 Å². The molecule has 2 heterocycles. The van der Waals surface area contributed by atoms with Crippen molar-refractivity contribution in [3.8, 4) is 11.1 Å². The summed E-state index contributed by atoms with van der Waals surface area (Å²) in [5.41, 5.74) is 1.67. The first-order valence-corrected chi connectivity index (χ1v) is 11.2. The molecule has 0 spiro atoms. The molecule has 178 valence electrons. The summed E-state index contributed by atoms with van der Waals surface area (Å²) >= 11 is 6.24. The molecule has 0 aliphatic heterocycles. The lowest BCUT2D eigenvalue weighted by Gasteiger charge is -2.28. The number of rotatable bonds is 4. The molecule has 3 aromatic carbocycles. The van der Waals surface area contributed by atoms with E-state index in [4.69, 9.17) is 16.6 Å². The smallest absolute Gasteiger partial charge is 0.329 e. The van der Waals surface area contributed by atoms with Gasteiger partial charge in [-0.2, -0.15) is 18.2 Å². The normalized spacial score (nSPS) is 12.4. The molecular formula is C26H21ClF3N5. The van der Waals surface area contributed by atoms with Crippen molar-refractivity contribution in [3.63, 3.8) is 0 Å². The molecule has 0 atom stereocenters. The Morgan fingerprint density at radius 3 is 2.37 bits per heavy atom. The summed E-state index contributed by atoms with van der Waals surface area (Å²) in [6.07, 6.45) is -2.74. The van der Waals surface area contributed by atoms with Crippen LogP contribution in [0.1, 0.15) is 19.4 Å². The minimum Gasteiger partial charge on any atom is -0.329 e. The minimum atomic E-state index is -4.33. The number of benzene rings is 3. The molecule has 0 bridgehead atoms. The van der Waals surface area contributed by atoms with Crippen LogP contribution in [0, 0.1) is 0 Å². The highest BCUT2D eigenvalue weighted by Gasteiger charge is 2.48. The van der Waals surface area contributed by atoms with Crippen LogP contribution in [0.5, 0.6) is 0 Å². The monoisotopic (exact) mass is 495 g/mol. The first-order chi connectivity index (χ1) is 16.6. The number of aromatic nitrogens is 4. The zero-order chi connectivity index (χ0) is 25.0. The number of halogens is 4. The fraction of sp³-hybridized carbons (Fsp3) is 0.192. The van der Waals surface area contributed by atoms with Gasteiger partial charge in [0.25, 0.3) is 5.78 Å². The molecule has 0 saturated heterocycles. The topological polar surface area (TPSA) is 46.3 Å². The fourth-order valence-corrected chi connectivity index (χ4v) is 4.20. The number of hydrogen-bond acceptors (Lipinski definition) is 4. The largest absolute Gasteiger partial charge is 0.397 e. The second-order valence-corrected chi connectivity index (χ2v) is 9.34. The van der Waals surface area contributed by atoms with E-state index in [2.05, 4.69) is 10.2 Å². The molecule has 9 heteroatoms. The summed E-state index contributed by atoms with van der Waals surface area (Å²) in [6, 6.07) is 19.8. The Kier molecular flexibility index (Phi) is 5.44. The summed E-state index contributed by atoms with van der Waals surface area (Å²) in [6.45, 7) is 2.38. The van der Waals surface area contributed by atoms with Crippen molar-refractivity contribution in [3.05, 3.63) is 83.6 Å². The van der Waals surface area contributed by atoms with Crippen molar-refractivity contribution in [1.82, 2.24) is 19.6 Å². The van der Waals surface area contributed by atoms with Gasteiger partial charge < -0.3 is 4.90 Å². The molecule has 2 aromatic heterocycles. The summed E-state index contributed by atoms with van der Waals surface area (Å²) in [4.78, 5) is 6.64. The molecule has 35 heavy (non-hydrogen) atoms. The van der Waals surface area contributed by atoms with Gasteiger partial charge in [-0.1, -0.05) is 48.0 Å². The van der Waals surface area contributed by atoms with Gasteiger partial charge in [0.15, 0.2) is 0 Å². The maximum atomic E-state index is 13.4. The van der Waals surface area contributed by atoms with E-state index in [-0.39, 0.29) is 5.56 Å². The van der Waals surface area contributed by atoms with Gasteiger partial charge in [-0.05, 0) is 60.9 Å². The van der Waals surface area contributed by atoms with Crippen molar-refractivity contribution >= 4 is 39.8 Å². The van der Waals surface area contributed by atoms with E-state index in [9.17, 15) is 13.2 Å². The van der Waals surface area contributed by atoms with E-state index in [0.29, 0.717) is 16.6 Å². The average Bonchev–Trinajstić information content (AvgIpc) is 3.31. The third-order valence-corrected chi connectivity index (χ3v) is 6.63. The number of hydrogen-bond donors (Lipinski definition) is 0. The van der Waals surface area contributed by atoms with Crippen molar-refractivity contribution in [1.29, 1.82) is 0 Å². The quantitative estimate of drug-likeness (QED) is 0.264. The standard InChI is InChI=1S/C26H21ClF3N5/c1-25(2,26(28,29)30)18-9-7-16(8-10-18)17-5-4-6-20(13-17)34(3)23-21-12-11-19(27)14-22(21)35-15-31-33-24(35)32-23/h4-15H,1-3H3.